The molecule has 0 amide bonds. The predicted octanol–water partition coefficient (Wildman–Crippen LogP) is 3.16. The Kier molecular flexibility index (Phi) is 7.38. The quantitative estimate of drug-likeness (QED) is 0.269. The molecule has 0 saturated carbocycles. The Morgan fingerprint density at radius 2 is 1.58 bits per heavy atom. The molecule has 0 heterocycles. The largest absolute Gasteiger partial charge is 2.00 e. The topological polar surface area (TPSA) is 77.8 Å². The van der Waals surface area contributed by atoms with E-state index in [2.05, 4.69) is 11.8 Å². The molecule has 0 radical (unpaired) electrons. The van der Waals surface area contributed by atoms with Gasteiger partial charge in [0, 0.05) is 12.1 Å². The first-order valence-corrected chi connectivity index (χ1v) is 6.77. The van der Waals surface area contributed by atoms with Crippen molar-refractivity contribution in [2.45, 2.75) is 0 Å². The van der Waals surface area contributed by atoms with E-state index in [0.29, 0.717) is 5.56 Å². The summed E-state index contributed by atoms with van der Waals surface area (Å²) >= 11 is 0. The number of aromatic hydroxyl groups is 3. The zero-order valence-electron chi connectivity index (χ0n) is 12.5. The molecule has 122 valence electrons. The van der Waals surface area contributed by atoms with Crippen molar-refractivity contribution < 1.29 is 37.2 Å². The van der Waals surface area contributed by atoms with E-state index in [1.54, 1.807) is 24.3 Å². The second-order valence-electron chi connectivity index (χ2n) is 4.57. The van der Waals surface area contributed by atoms with Crippen molar-refractivity contribution in [3.63, 3.8) is 0 Å². The minimum atomic E-state index is -0.716. The van der Waals surface area contributed by atoms with Gasteiger partial charge in [-0.1, -0.05) is 5.92 Å². The fourth-order valence-corrected chi connectivity index (χ4v) is 1.80. The van der Waals surface area contributed by atoms with Gasteiger partial charge in [-0.05, 0) is 0 Å². The van der Waals surface area contributed by atoms with Crippen LogP contribution in [0.15, 0.2) is 66.7 Å². The first kappa shape index (κ1) is 19.1. The third kappa shape index (κ3) is 5.36. The third-order valence-corrected chi connectivity index (χ3v) is 2.85. The van der Waals surface area contributed by atoms with Gasteiger partial charge < -0.3 is 15.3 Å². The van der Waals surface area contributed by atoms with Crippen LogP contribution in [0.1, 0.15) is 15.9 Å². The normalized spacial score (nSPS) is 8.83. The van der Waals surface area contributed by atoms with Crippen LogP contribution in [-0.2, 0) is 17.1 Å². The van der Waals surface area contributed by atoms with Crippen LogP contribution < -0.4 is 0 Å². The van der Waals surface area contributed by atoms with Gasteiger partial charge in [0.25, 0.3) is 0 Å². The minimum absolute atomic E-state index is 0. The van der Waals surface area contributed by atoms with Gasteiger partial charge in [0.05, 0.1) is 0 Å². The predicted molar refractivity (Wildman–Crippen MR) is 86.7 cm³/mol. The van der Waals surface area contributed by atoms with Gasteiger partial charge in [0.2, 0.25) is 5.78 Å². The Labute approximate surface area is 150 Å². The van der Waals surface area contributed by atoms with E-state index in [0.717, 1.165) is 12.1 Å². The number of rotatable bonds is 1. The van der Waals surface area contributed by atoms with Gasteiger partial charge in [-0.2, -0.15) is 42.3 Å². The fraction of sp³-hybridized carbons (Fsp3) is 0. The summed E-state index contributed by atoms with van der Waals surface area (Å²) in [5.74, 6) is 2.86. The van der Waals surface area contributed by atoms with Crippen molar-refractivity contribution in [1.82, 2.24) is 0 Å². The Bertz CT molecular complexity index is 782. The molecule has 0 spiro atoms. The molecular formula is C19H14FeO4. The molecule has 0 aliphatic heterocycles. The van der Waals surface area contributed by atoms with Crippen molar-refractivity contribution in [1.29, 1.82) is 0 Å². The van der Waals surface area contributed by atoms with E-state index in [1.165, 1.54) is 0 Å². The van der Waals surface area contributed by atoms with Crippen LogP contribution >= 0.6 is 0 Å². The van der Waals surface area contributed by atoms with E-state index in [9.17, 15) is 15.0 Å². The van der Waals surface area contributed by atoms with E-state index in [4.69, 9.17) is 5.11 Å². The van der Waals surface area contributed by atoms with Crippen molar-refractivity contribution in [3.05, 3.63) is 77.9 Å². The third-order valence-electron chi connectivity index (χ3n) is 2.85. The zero-order chi connectivity index (χ0) is 16.7. The summed E-state index contributed by atoms with van der Waals surface area (Å²) in [4.78, 5) is 11.7. The molecule has 3 N–H and O–H groups in total. The average molecular weight is 362 g/mol. The molecule has 3 rings (SSSR count). The van der Waals surface area contributed by atoms with E-state index < -0.39 is 17.3 Å². The maximum atomic E-state index is 11.7. The van der Waals surface area contributed by atoms with Gasteiger partial charge in [-0.3, -0.25) is 4.79 Å². The number of phenols is 3. The number of Topliss-reactive ketones (excluding diaryl/α,β-unsaturated/α-hetero) is 1. The van der Waals surface area contributed by atoms with Crippen LogP contribution in [0, 0.1) is 11.8 Å². The molecule has 0 atom stereocenters. The van der Waals surface area contributed by atoms with Gasteiger partial charge in [-0.25, -0.2) is 12.1 Å². The number of ketones is 1. The molecule has 0 unspecified atom stereocenters. The fourth-order valence-electron chi connectivity index (χ4n) is 1.80. The molecule has 24 heavy (non-hydrogen) atoms. The van der Waals surface area contributed by atoms with Crippen LogP contribution in [-0.4, -0.2) is 21.1 Å². The molecule has 3 aromatic rings. The summed E-state index contributed by atoms with van der Waals surface area (Å²) in [6.07, 6.45) is 0. The number of benzene rings is 1. The molecule has 0 aliphatic carbocycles. The first-order valence-electron chi connectivity index (χ1n) is 6.77. The smallest absolute Gasteiger partial charge is 0.508 e. The number of hydrogen-bond donors (Lipinski definition) is 3. The molecule has 5 heteroatoms. The number of carbonyl (C=O) groups is 1. The van der Waals surface area contributed by atoms with Crippen LogP contribution in [0.2, 0.25) is 0 Å². The van der Waals surface area contributed by atoms with E-state index >= 15 is 0 Å². The monoisotopic (exact) mass is 362 g/mol. The van der Waals surface area contributed by atoms with Crippen LogP contribution in [0.25, 0.3) is 0 Å². The second kappa shape index (κ2) is 9.26. The Morgan fingerprint density at radius 3 is 2.04 bits per heavy atom. The van der Waals surface area contributed by atoms with Crippen LogP contribution in [0.5, 0.6) is 17.2 Å². The van der Waals surface area contributed by atoms with Crippen molar-refractivity contribution in [2.75, 3.05) is 0 Å². The summed E-state index contributed by atoms with van der Waals surface area (Å²) in [6.45, 7) is 0. The molecule has 0 bridgehead atoms. The SMILES string of the molecule is O=C(C#Cc1ccc[cH-]1)c1c(O)cc(O)cc1O.[Fe+2].c1cc[cH-]c1. The maximum Gasteiger partial charge on any atom is 2.00 e. The van der Waals surface area contributed by atoms with Crippen molar-refractivity contribution in [3.8, 4) is 29.1 Å². The van der Waals surface area contributed by atoms with E-state index in [-0.39, 0.29) is 28.4 Å². The maximum absolute atomic E-state index is 11.7. The average Bonchev–Trinajstić information content (AvgIpc) is 3.20. The summed E-state index contributed by atoms with van der Waals surface area (Å²) < 4.78 is 0. The standard InChI is InChI=1S/C14H9O4.C5H5.Fe/c15-10-7-12(17)14(13(18)8-10)11(16)6-5-9-3-1-2-4-9;1-2-4-5-3-1;/h1-4,7-8,15,17-18H;1-5H;/q2*-1;+2. The van der Waals surface area contributed by atoms with Crippen LogP contribution in [0.3, 0.4) is 0 Å². The van der Waals surface area contributed by atoms with Gasteiger partial charge in [0.1, 0.15) is 22.8 Å². The summed E-state index contributed by atoms with van der Waals surface area (Å²) in [5, 5.41) is 28.1. The van der Waals surface area contributed by atoms with Crippen molar-refractivity contribution >= 4 is 5.78 Å². The summed E-state index contributed by atoms with van der Waals surface area (Å²) in [5.41, 5.74) is 0.355. The van der Waals surface area contributed by atoms with E-state index in [1.807, 2.05) is 30.3 Å². The molecule has 0 aliphatic rings. The van der Waals surface area contributed by atoms with Crippen molar-refractivity contribution in [2.24, 2.45) is 0 Å². The summed E-state index contributed by atoms with van der Waals surface area (Å²) in [6, 6.07) is 19.0. The number of carbonyl (C=O) groups excluding carboxylic acids is 1. The van der Waals surface area contributed by atoms with Gasteiger partial charge in [0.15, 0.2) is 0 Å². The van der Waals surface area contributed by atoms with Crippen LogP contribution in [0.4, 0.5) is 0 Å². The molecule has 3 aromatic carbocycles. The Balaban J connectivity index is 0.000000412. The second-order valence-corrected chi connectivity index (χ2v) is 4.57. The molecular weight excluding hydrogens is 348 g/mol. The van der Waals surface area contributed by atoms with Gasteiger partial charge >= 0.3 is 17.1 Å². The minimum Gasteiger partial charge on any atom is -0.508 e. The molecule has 0 aromatic heterocycles. The number of hydrogen-bond acceptors (Lipinski definition) is 4. The summed E-state index contributed by atoms with van der Waals surface area (Å²) in [7, 11) is 0. The first-order chi connectivity index (χ1) is 11.1. The zero-order valence-corrected chi connectivity index (χ0v) is 13.6. The molecule has 4 nitrogen and oxygen atoms in total. The Morgan fingerprint density at radius 1 is 0.958 bits per heavy atom. The number of phenolic OH excluding ortho intramolecular Hbond substituents is 3. The molecule has 0 fully saturated rings. The Hall–Kier alpha value is -2.93. The van der Waals surface area contributed by atoms with Gasteiger partial charge in [-0.15, -0.1) is 11.6 Å². The molecule has 0 saturated heterocycles.